The van der Waals surface area contributed by atoms with Gasteiger partial charge >= 0.3 is 12.0 Å². The number of urea groups is 1. The Morgan fingerprint density at radius 1 is 1.48 bits per heavy atom. The highest BCUT2D eigenvalue weighted by Crippen LogP contribution is 2.43. The number of pyridine rings is 1. The van der Waals surface area contributed by atoms with Crippen molar-refractivity contribution in [3.63, 3.8) is 0 Å². The molecule has 1 saturated carbocycles. The van der Waals surface area contributed by atoms with Crippen LogP contribution in [0.25, 0.3) is 0 Å². The smallest absolute Gasteiger partial charge is 0.315 e. The Balaban J connectivity index is 1.81. The molecule has 114 valence electrons. The van der Waals surface area contributed by atoms with Crippen molar-refractivity contribution in [2.45, 2.75) is 38.6 Å². The molecule has 0 spiro atoms. The minimum atomic E-state index is -0.805. The van der Waals surface area contributed by atoms with Crippen LogP contribution in [-0.2, 0) is 4.79 Å². The molecule has 1 heterocycles. The molecular formula is C15H21N3O3. The van der Waals surface area contributed by atoms with E-state index in [0.717, 1.165) is 24.8 Å². The van der Waals surface area contributed by atoms with Gasteiger partial charge in [-0.1, -0.05) is 12.5 Å². The van der Waals surface area contributed by atoms with Crippen LogP contribution < -0.4 is 10.6 Å². The van der Waals surface area contributed by atoms with Gasteiger partial charge in [0, 0.05) is 18.9 Å². The number of aromatic nitrogens is 1. The normalized spacial score (nSPS) is 17.4. The van der Waals surface area contributed by atoms with Crippen molar-refractivity contribution in [1.29, 1.82) is 0 Å². The molecule has 1 aliphatic carbocycles. The highest BCUT2D eigenvalue weighted by molar-refractivity contribution is 5.74. The van der Waals surface area contributed by atoms with Gasteiger partial charge in [0.05, 0.1) is 12.5 Å². The maximum Gasteiger partial charge on any atom is 0.315 e. The number of carbonyl (C=O) groups excluding carboxylic acids is 1. The molecule has 0 radical (unpaired) electrons. The van der Waals surface area contributed by atoms with Crippen molar-refractivity contribution in [3.05, 3.63) is 30.1 Å². The van der Waals surface area contributed by atoms with Crippen LogP contribution in [0.5, 0.6) is 0 Å². The summed E-state index contributed by atoms with van der Waals surface area (Å²) < 4.78 is 0. The summed E-state index contributed by atoms with van der Waals surface area (Å²) in [4.78, 5) is 26.8. The quantitative estimate of drug-likeness (QED) is 0.748. The van der Waals surface area contributed by atoms with E-state index in [9.17, 15) is 9.59 Å². The second kappa shape index (κ2) is 6.56. The van der Waals surface area contributed by atoms with Crippen LogP contribution in [0.3, 0.4) is 0 Å². The third-order valence-electron chi connectivity index (χ3n) is 4.10. The summed E-state index contributed by atoms with van der Waals surface area (Å²) in [5, 5.41) is 14.6. The Bertz CT molecular complexity index is 500. The Kier molecular flexibility index (Phi) is 4.77. The summed E-state index contributed by atoms with van der Waals surface area (Å²) in [6.45, 7) is 2.29. The molecule has 0 aromatic carbocycles. The first-order valence-electron chi connectivity index (χ1n) is 7.17. The van der Waals surface area contributed by atoms with Gasteiger partial charge in [0.2, 0.25) is 0 Å². The molecule has 1 fully saturated rings. The van der Waals surface area contributed by atoms with Gasteiger partial charge in [-0.3, -0.25) is 9.78 Å². The zero-order valence-corrected chi connectivity index (χ0v) is 12.1. The molecule has 6 nitrogen and oxygen atoms in total. The first-order chi connectivity index (χ1) is 10.0. The fourth-order valence-corrected chi connectivity index (χ4v) is 2.64. The van der Waals surface area contributed by atoms with E-state index in [2.05, 4.69) is 15.6 Å². The number of carboxylic acids is 1. The Hall–Kier alpha value is -2.11. The molecule has 0 aliphatic heterocycles. The largest absolute Gasteiger partial charge is 0.481 e. The highest BCUT2D eigenvalue weighted by Gasteiger charge is 2.39. The number of carbonyl (C=O) groups is 2. The van der Waals surface area contributed by atoms with Crippen molar-refractivity contribution in [2.75, 3.05) is 6.54 Å². The predicted octanol–water partition coefficient (Wildman–Crippen LogP) is 2.09. The zero-order chi connectivity index (χ0) is 15.3. The second-order valence-corrected chi connectivity index (χ2v) is 5.76. The van der Waals surface area contributed by atoms with Crippen molar-refractivity contribution < 1.29 is 14.7 Å². The van der Waals surface area contributed by atoms with E-state index in [1.165, 1.54) is 0 Å². The van der Waals surface area contributed by atoms with E-state index in [0.29, 0.717) is 6.54 Å². The van der Waals surface area contributed by atoms with Gasteiger partial charge in [-0.2, -0.15) is 0 Å². The summed E-state index contributed by atoms with van der Waals surface area (Å²) in [5.41, 5.74) is 0.664. The number of carboxylic acid groups (broad SMARTS) is 1. The van der Waals surface area contributed by atoms with Crippen LogP contribution >= 0.6 is 0 Å². The van der Waals surface area contributed by atoms with Crippen molar-refractivity contribution in [2.24, 2.45) is 5.41 Å². The summed E-state index contributed by atoms with van der Waals surface area (Å²) in [6.07, 6.45) is 6.26. The van der Waals surface area contributed by atoms with E-state index < -0.39 is 5.97 Å². The maximum absolute atomic E-state index is 11.9. The van der Waals surface area contributed by atoms with Crippen LogP contribution in [0.2, 0.25) is 0 Å². The molecule has 1 aromatic rings. The standard InChI is InChI=1S/C15H21N3O3/c1-11(12-4-2-7-16-9-12)18-14(21)17-10-15(5-3-6-15)8-13(19)20/h2,4,7,9,11H,3,5-6,8,10H2,1H3,(H,19,20)(H2,17,18,21). The molecule has 1 atom stereocenters. The molecule has 0 bridgehead atoms. The van der Waals surface area contributed by atoms with E-state index in [-0.39, 0.29) is 23.9 Å². The summed E-state index contributed by atoms with van der Waals surface area (Å²) in [7, 11) is 0. The molecule has 1 aliphatic rings. The average Bonchev–Trinajstić information content (AvgIpc) is 2.42. The van der Waals surface area contributed by atoms with E-state index in [1.807, 2.05) is 19.1 Å². The van der Waals surface area contributed by atoms with Gasteiger partial charge in [-0.25, -0.2) is 4.79 Å². The fourth-order valence-electron chi connectivity index (χ4n) is 2.64. The lowest BCUT2D eigenvalue weighted by molar-refractivity contribution is -0.141. The third-order valence-corrected chi connectivity index (χ3v) is 4.10. The molecular weight excluding hydrogens is 270 g/mol. The number of hydrogen-bond acceptors (Lipinski definition) is 3. The first kappa shape index (κ1) is 15.3. The Morgan fingerprint density at radius 3 is 2.76 bits per heavy atom. The summed E-state index contributed by atoms with van der Waals surface area (Å²) in [5.74, 6) is -0.805. The maximum atomic E-state index is 11.9. The number of nitrogens with one attached hydrogen (secondary N) is 2. The molecule has 1 unspecified atom stereocenters. The molecule has 3 N–H and O–H groups in total. The van der Waals surface area contributed by atoms with Gasteiger partial charge in [0.25, 0.3) is 0 Å². The second-order valence-electron chi connectivity index (χ2n) is 5.76. The molecule has 0 saturated heterocycles. The number of hydrogen-bond donors (Lipinski definition) is 3. The lowest BCUT2D eigenvalue weighted by Crippen LogP contribution is -2.47. The highest BCUT2D eigenvalue weighted by atomic mass is 16.4. The SMILES string of the molecule is CC(NC(=O)NCC1(CC(=O)O)CCC1)c1cccnc1. The van der Waals surface area contributed by atoms with Crippen LogP contribution in [-0.4, -0.2) is 28.6 Å². The monoisotopic (exact) mass is 291 g/mol. The minimum absolute atomic E-state index is 0.117. The Morgan fingerprint density at radius 2 is 2.24 bits per heavy atom. The third kappa shape index (κ3) is 4.18. The van der Waals surface area contributed by atoms with Gasteiger partial charge in [-0.05, 0) is 36.8 Å². The van der Waals surface area contributed by atoms with Gasteiger partial charge in [0.15, 0.2) is 0 Å². The lowest BCUT2D eigenvalue weighted by Gasteiger charge is -2.40. The number of rotatable bonds is 6. The Labute approximate surface area is 124 Å². The molecule has 6 heteroatoms. The summed E-state index contributed by atoms with van der Waals surface area (Å²) >= 11 is 0. The average molecular weight is 291 g/mol. The van der Waals surface area contributed by atoms with Gasteiger partial charge in [0.1, 0.15) is 0 Å². The molecule has 2 amide bonds. The van der Waals surface area contributed by atoms with Crippen LogP contribution in [0, 0.1) is 5.41 Å². The van der Waals surface area contributed by atoms with E-state index in [1.54, 1.807) is 12.4 Å². The molecule has 1 aromatic heterocycles. The van der Waals surface area contributed by atoms with E-state index in [4.69, 9.17) is 5.11 Å². The van der Waals surface area contributed by atoms with Crippen molar-refractivity contribution in [3.8, 4) is 0 Å². The number of aliphatic carboxylic acids is 1. The van der Waals surface area contributed by atoms with Crippen LogP contribution in [0.1, 0.15) is 44.2 Å². The van der Waals surface area contributed by atoms with Crippen LogP contribution in [0.4, 0.5) is 4.79 Å². The summed E-state index contributed by atoms with van der Waals surface area (Å²) in [6, 6.07) is 3.30. The van der Waals surface area contributed by atoms with E-state index >= 15 is 0 Å². The van der Waals surface area contributed by atoms with Gasteiger partial charge < -0.3 is 15.7 Å². The topological polar surface area (TPSA) is 91.3 Å². The minimum Gasteiger partial charge on any atom is -0.481 e. The molecule has 21 heavy (non-hydrogen) atoms. The first-order valence-corrected chi connectivity index (χ1v) is 7.17. The van der Waals surface area contributed by atoms with Gasteiger partial charge in [-0.15, -0.1) is 0 Å². The van der Waals surface area contributed by atoms with Crippen molar-refractivity contribution in [1.82, 2.24) is 15.6 Å². The zero-order valence-electron chi connectivity index (χ0n) is 12.1. The predicted molar refractivity (Wildman–Crippen MR) is 77.7 cm³/mol. The lowest BCUT2D eigenvalue weighted by atomic mass is 9.66. The number of nitrogens with zero attached hydrogens (tertiary/aromatic N) is 1. The number of amides is 2. The fraction of sp³-hybridized carbons (Fsp3) is 0.533. The molecule has 2 rings (SSSR count). The van der Waals surface area contributed by atoms with Crippen LogP contribution in [0.15, 0.2) is 24.5 Å². The van der Waals surface area contributed by atoms with Crippen molar-refractivity contribution >= 4 is 12.0 Å².